The SMILES string of the molecule is Cc1cc(F)ccc1CCNc1ccc(F)cc1C#N. The van der Waals surface area contributed by atoms with E-state index in [2.05, 4.69) is 5.32 Å². The molecule has 0 amide bonds. The van der Waals surface area contributed by atoms with Crippen LogP contribution in [0.15, 0.2) is 36.4 Å². The number of anilines is 1. The minimum absolute atomic E-state index is 0.246. The number of aryl methyl sites for hydroxylation is 1. The molecule has 0 aliphatic rings. The van der Waals surface area contributed by atoms with Crippen molar-refractivity contribution in [1.29, 1.82) is 5.26 Å². The van der Waals surface area contributed by atoms with Crippen LogP contribution in [0.25, 0.3) is 0 Å². The van der Waals surface area contributed by atoms with Crippen LogP contribution in [0, 0.1) is 29.9 Å². The summed E-state index contributed by atoms with van der Waals surface area (Å²) in [7, 11) is 0. The first-order valence-corrected chi connectivity index (χ1v) is 6.28. The number of nitriles is 1. The Kier molecular flexibility index (Phi) is 4.31. The number of rotatable bonds is 4. The third-order valence-electron chi connectivity index (χ3n) is 3.12. The summed E-state index contributed by atoms with van der Waals surface area (Å²) in [5.74, 6) is -0.675. The van der Waals surface area contributed by atoms with Gasteiger partial charge in [-0.15, -0.1) is 0 Å². The first-order chi connectivity index (χ1) is 9.60. The summed E-state index contributed by atoms with van der Waals surface area (Å²) in [6.07, 6.45) is 0.703. The van der Waals surface area contributed by atoms with E-state index in [1.54, 1.807) is 12.1 Å². The summed E-state index contributed by atoms with van der Waals surface area (Å²) in [5.41, 5.74) is 2.82. The highest BCUT2D eigenvalue weighted by molar-refractivity contribution is 5.57. The highest BCUT2D eigenvalue weighted by Gasteiger charge is 2.04. The summed E-state index contributed by atoms with van der Waals surface area (Å²) < 4.78 is 26.0. The maximum absolute atomic E-state index is 13.0. The summed E-state index contributed by atoms with van der Waals surface area (Å²) in [6.45, 7) is 2.45. The van der Waals surface area contributed by atoms with Crippen LogP contribution in [0.3, 0.4) is 0 Å². The van der Waals surface area contributed by atoms with E-state index >= 15 is 0 Å². The third kappa shape index (κ3) is 3.33. The van der Waals surface area contributed by atoms with Gasteiger partial charge in [0.2, 0.25) is 0 Å². The van der Waals surface area contributed by atoms with Crippen molar-refractivity contribution in [3.8, 4) is 6.07 Å². The molecule has 0 spiro atoms. The van der Waals surface area contributed by atoms with Crippen LogP contribution >= 0.6 is 0 Å². The molecule has 4 heteroatoms. The molecule has 2 nitrogen and oxygen atoms in total. The highest BCUT2D eigenvalue weighted by Crippen LogP contribution is 2.16. The second kappa shape index (κ2) is 6.16. The Labute approximate surface area is 116 Å². The number of benzene rings is 2. The topological polar surface area (TPSA) is 35.8 Å². The Balaban J connectivity index is 2.01. The van der Waals surface area contributed by atoms with Gasteiger partial charge >= 0.3 is 0 Å². The van der Waals surface area contributed by atoms with Crippen molar-refractivity contribution >= 4 is 5.69 Å². The van der Waals surface area contributed by atoms with Crippen LogP contribution in [0.2, 0.25) is 0 Å². The van der Waals surface area contributed by atoms with Gasteiger partial charge in [-0.05, 0) is 54.8 Å². The molecule has 0 saturated heterocycles. The van der Waals surface area contributed by atoms with Crippen molar-refractivity contribution in [3.63, 3.8) is 0 Å². The van der Waals surface area contributed by atoms with E-state index in [1.165, 1.54) is 24.3 Å². The van der Waals surface area contributed by atoms with Crippen LogP contribution in [-0.2, 0) is 6.42 Å². The lowest BCUT2D eigenvalue weighted by Crippen LogP contribution is -2.07. The van der Waals surface area contributed by atoms with E-state index < -0.39 is 5.82 Å². The zero-order valence-corrected chi connectivity index (χ0v) is 11.1. The van der Waals surface area contributed by atoms with Crippen molar-refractivity contribution < 1.29 is 8.78 Å². The molecule has 2 rings (SSSR count). The first-order valence-electron chi connectivity index (χ1n) is 6.28. The molecule has 2 aromatic rings. The zero-order valence-electron chi connectivity index (χ0n) is 11.1. The van der Waals surface area contributed by atoms with E-state index in [9.17, 15) is 8.78 Å². The Morgan fingerprint density at radius 3 is 2.50 bits per heavy atom. The van der Waals surface area contributed by atoms with Crippen LogP contribution in [0.4, 0.5) is 14.5 Å². The number of nitrogens with zero attached hydrogens (tertiary/aromatic N) is 1. The normalized spacial score (nSPS) is 10.1. The Bertz CT molecular complexity index is 660. The predicted molar refractivity (Wildman–Crippen MR) is 74.4 cm³/mol. The molecule has 102 valence electrons. The van der Waals surface area contributed by atoms with Crippen LogP contribution in [0.1, 0.15) is 16.7 Å². The molecule has 0 bridgehead atoms. The maximum atomic E-state index is 13.0. The summed E-state index contributed by atoms with van der Waals surface area (Å²) >= 11 is 0. The number of nitrogens with one attached hydrogen (secondary N) is 1. The lowest BCUT2D eigenvalue weighted by molar-refractivity contribution is 0.625. The average molecular weight is 272 g/mol. The van der Waals surface area contributed by atoms with Gasteiger partial charge < -0.3 is 5.32 Å². The molecule has 0 aliphatic heterocycles. The first kappa shape index (κ1) is 14.0. The lowest BCUT2D eigenvalue weighted by Gasteiger charge is -2.10. The molecule has 20 heavy (non-hydrogen) atoms. The van der Waals surface area contributed by atoms with Gasteiger partial charge in [-0.2, -0.15) is 5.26 Å². The van der Waals surface area contributed by atoms with Gasteiger partial charge in [-0.25, -0.2) is 8.78 Å². The van der Waals surface area contributed by atoms with Gasteiger partial charge in [0.25, 0.3) is 0 Å². The molecule has 0 aliphatic carbocycles. The smallest absolute Gasteiger partial charge is 0.124 e. The molecule has 0 atom stereocenters. The summed E-state index contributed by atoms with van der Waals surface area (Å²) in [6, 6.07) is 10.7. The minimum atomic E-state index is -0.429. The zero-order chi connectivity index (χ0) is 14.5. The van der Waals surface area contributed by atoms with E-state index in [0.717, 1.165) is 11.1 Å². The monoisotopic (exact) mass is 272 g/mol. The quantitative estimate of drug-likeness (QED) is 0.919. The Hall–Kier alpha value is -2.41. The molecule has 0 aromatic heterocycles. The van der Waals surface area contributed by atoms with E-state index in [0.29, 0.717) is 18.7 Å². The highest BCUT2D eigenvalue weighted by atomic mass is 19.1. The van der Waals surface area contributed by atoms with Gasteiger partial charge in [-0.3, -0.25) is 0 Å². The second-order valence-corrected chi connectivity index (χ2v) is 4.55. The fourth-order valence-electron chi connectivity index (χ4n) is 2.03. The molecule has 1 N–H and O–H groups in total. The van der Waals surface area contributed by atoms with Gasteiger partial charge in [0, 0.05) is 6.54 Å². The Morgan fingerprint density at radius 2 is 1.80 bits per heavy atom. The maximum Gasteiger partial charge on any atom is 0.124 e. The van der Waals surface area contributed by atoms with Crippen LogP contribution in [0.5, 0.6) is 0 Å². The van der Waals surface area contributed by atoms with Gasteiger partial charge in [0.05, 0.1) is 11.3 Å². The predicted octanol–water partition coefficient (Wildman–Crippen LogP) is 3.80. The van der Waals surface area contributed by atoms with Crippen molar-refractivity contribution in [3.05, 3.63) is 64.7 Å². The largest absolute Gasteiger partial charge is 0.384 e. The van der Waals surface area contributed by atoms with Gasteiger partial charge in [0.1, 0.15) is 17.7 Å². The number of hydrogen-bond donors (Lipinski definition) is 1. The van der Waals surface area contributed by atoms with Crippen molar-refractivity contribution in [1.82, 2.24) is 0 Å². The molecule has 0 unspecified atom stereocenters. The lowest BCUT2D eigenvalue weighted by atomic mass is 10.1. The number of halogens is 2. The molecular weight excluding hydrogens is 258 g/mol. The summed E-state index contributed by atoms with van der Waals surface area (Å²) in [5, 5.41) is 12.0. The fraction of sp³-hybridized carbons (Fsp3) is 0.188. The average Bonchev–Trinajstić information content (AvgIpc) is 2.42. The molecule has 0 saturated carbocycles. The third-order valence-corrected chi connectivity index (χ3v) is 3.12. The molecule has 2 aromatic carbocycles. The van der Waals surface area contributed by atoms with Crippen LogP contribution in [-0.4, -0.2) is 6.54 Å². The van der Waals surface area contributed by atoms with Gasteiger partial charge in [-0.1, -0.05) is 6.07 Å². The standard InChI is InChI=1S/C16H14F2N2/c1-11-8-14(17)3-2-12(11)6-7-20-16-5-4-15(18)9-13(16)10-19/h2-5,8-9,20H,6-7H2,1H3. The molecular formula is C16H14F2N2. The van der Waals surface area contributed by atoms with E-state index in [1.807, 2.05) is 13.0 Å². The fourth-order valence-corrected chi connectivity index (χ4v) is 2.03. The van der Waals surface area contributed by atoms with E-state index in [4.69, 9.17) is 5.26 Å². The second-order valence-electron chi connectivity index (χ2n) is 4.55. The molecule has 0 heterocycles. The molecule has 0 radical (unpaired) electrons. The minimum Gasteiger partial charge on any atom is -0.384 e. The van der Waals surface area contributed by atoms with Crippen molar-refractivity contribution in [2.75, 3.05) is 11.9 Å². The number of hydrogen-bond acceptors (Lipinski definition) is 2. The van der Waals surface area contributed by atoms with Gasteiger partial charge in [0.15, 0.2) is 0 Å². The van der Waals surface area contributed by atoms with Crippen molar-refractivity contribution in [2.24, 2.45) is 0 Å². The van der Waals surface area contributed by atoms with Crippen LogP contribution < -0.4 is 5.32 Å². The van der Waals surface area contributed by atoms with E-state index in [-0.39, 0.29) is 11.4 Å². The van der Waals surface area contributed by atoms with Crippen molar-refractivity contribution in [2.45, 2.75) is 13.3 Å². The molecule has 0 fully saturated rings. The summed E-state index contributed by atoms with van der Waals surface area (Å²) in [4.78, 5) is 0. The Morgan fingerprint density at radius 1 is 1.10 bits per heavy atom.